The van der Waals surface area contributed by atoms with Gasteiger partial charge in [-0.05, 0) is 26.2 Å². The number of hydrogen-bond donors (Lipinski definition) is 2. The molecule has 0 aromatic carbocycles. The fraction of sp³-hybridized carbons (Fsp3) is 0.727. The van der Waals surface area contributed by atoms with Crippen molar-refractivity contribution in [3.8, 4) is 0 Å². The first-order valence-corrected chi connectivity index (χ1v) is 5.71. The van der Waals surface area contributed by atoms with Gasteiger partial charge in [0.15, 0.2) is 0 Å². The number of ketones is 1. The lowest BCUT2D eigenvalue weighted by Gasteiger charge is -2.17. The second-order valence-electron chi connectivity index (χ2n) is 4.21. The van der Waals surface area contributed by atoms with Crippen LogP contribution in [0.25, 0.3) is 0 Å². The Bertz CT molecular complexity index is 311. The van der Waals surface area contributed by atoms with Crippen LogP contribution in [-0.2, 0) is 19.1 Å². The van der Waals surface area contributed by atoms with Gasteiger partial charge in [0.25, 0.3) is 0 Å². The molecule has 1 saturated heterocycles. The molecule has 0 aromatic heterocycles. The summed E-state index contributed by atoms with van der Waals surface area (Å²) in [6.07, 6.45) is 1.47. The molecule has 0 radical (unpaired) electrons. The van der Waals surface area contributed by atoms with Crippen molar-refractivity contribution in [2.45, 2.75) is 44.8 Å². The molecule has 0 unspecified atom stereocenters. The van der Waals surface area contributed by atoms with Crippen LogP contribution in [0, 0.1) is 0 Å². The topological polar surface area (TPSA) is 98.5 Å². The highest BCUT2D eigenvalue weighted by Crippen LogP contribution is 2.12. The fourth-order valence-electron chi connectivity index (χ4n) is 1.68. The van der Waals surface area contributed by atoms with Crippen LogP contribution in [0.4, 0.5) is 0 Å². The summed E-state index contributed by atoms with van der Waals surface area (Å²) < 4.78 is 5.19. The van der Waals surface area contributed by atoms with E-state index in [1.165, 1.54) is 6.92 Å². The van der Waals surface area contributed by atoms with Crippen LogP contribution < -0.4 is 11.1 Å². The summed E-state index contributed by atoms with van der Waals surface area (Å²) in [6, 6.07) is -0.796. The minimum atomic E-state index is -0.796. The summed E-state index contributed by atoms with van der Waals surface area (Å²) in [5.74, 6) is -0.991. The maximum atomic E-state index is 11.7. The number of amides is 2. The first-order valence-electron chi connectivity index (χ1n) is 5.71. The van der Waals surface area contributed by atoms with Gasteiger partial charge in [-0.2, -0.15) is 0 Å². The Morgan fingerprint density at radius 2 is 2.18 bits per heavy atom. The summed E-state index contributed by atoms with van der Waals surface area (Å²) in [6.45, 7) is 1.99. The van der Waals surface area contributed by atoms with Gasteiger partial charge in [0.05, 0.1) is 0 Å². The number of nitrogens with two attached hydrogens (primary N) is 1. The Labute approximate surface area is 99.9 Å². The Hall–Kier alpha value is -1.43. The molecule has 0 bridgehead atoms. The standard InChI is InChI=1S/C11H18N2O4/c1-7(14)4-5-8(10(12)15)13-11(16)9-3-2-6-17-9/h8-9H,2-6H2,1H3,(H2,12,15)(H,13,16)/t8-,9+/m1/s1. The Kier molecular flexibility index (Phi) is 5.09. The highest BCUT2D eigenvalue weighted by atomic mass is 16.5. The van der Waals surface area contributed by atoms with Gasteiger partial charge in [-0.25, -0.2) is 0 Å². The van der Waals surface area contributed by atoms with Crippen molar-refractivity contribution in [2.24, 2.45) is 5.73 Å². The van der Waals surface area contributed by atoms with E-state index in [0.29, 0.717) is 13.0 Å². The SMILES string of the molecule is CC(=O)CC[C@@H](NC(=O)[C@@H]1CCCO1)C(N)=O. The van der Waals surface area contributed by atoms with Crippen LogP contribution in [0.5, 0.6) is 0 Å². The molecule has 6 nitrogen and oxygen atoms in total. The predicted octanol–water partition coefficient (Wildman–Crippen LogP) is -0.495. The van der Waals surface area contributed by atoms with Gasteiger partial charge in [-0.15, -0.1) is 0 Å². The van der Waals surface area contributed by atoms with Crippen LogP contribution >= 0.6 is 0 Å². The van der Waals surface area contributed by atoms with Gasteiger partial charge in [0.2, 0.25) is 11.8 Å². The van der Waals surface area contributed by atoms with Gasteiger partial charge in [0, 0.05) is 13.0 Å². The normalized spacial score (nSPS) is 20.9. The third-order valence-corrected chi connectivity index (χ3v) is 2.67. The molecule has 1 aliphatic rings. The zero-order chi connectivity index (χ0) is 12.8. The second-order valence-corrected chi connectivity index (χ2v) is 4.21. The van der Waals surface area contributed by atoms with Crippen molar-refractivity contribution >= 4 is 17.6 Å². The number of Topliss-reactive ketones (excluding diaryl/α,β-unsaturated/α-hetero) is 1. The van der Waals surface area contributed by atoms with Crippen LogP contribution in [0.15, 0.2) is 0 Å². The molecule has 96 valence electrons. The molecule has 0 spiro atoms. The van der Waals surface area contributed by atoms with E-state index < -0.39 is 18.1 Å². The molecule has 0 aliphatic carbocycles. The zero-order valence-corrected chi connectivity index (χ0v) is 9.90. The van der Waals surface area contributed by atoms with E-state index in [1.807, 2.05) is 0 Å². The van der Waals surface area contributed by atoms with E-state index >= 15 is 0 Å². The molecule has 2 amide bonds. The predicted molar refractivity (Wildman–Crippen MR) is 60.0 cm³/mol. The third kappa shape index (κ3) is 4.52. The molecule has 2 atom stereocenters. The average Bonchev–Trinajstić information content (AvgIpc) is 2.76. The molecular formula is C11H18N2O4. The van der Waals surface area contributed by atoms with Crippen LogP contribution in [0.1, 0.15) is 32.6 Å². The smallest absolute Gasteiger partial charge is 0.249 e. The van der Waals surface area contributed by atoms with Crippen molar-refractivity contribution < 1.29 is 19.1 Å². The first-order chi connectivity index (χ1) is 8.00. The Morgan fingerprint density at radius 1 is 1.47 bits per heavy atom. The summed E-state index contributed by atoms with van der Waals surface area (Å²) in [4.78, 5) is 33.6. The van der Waals surface area contributed by atoms with Crippen molar-refractivity contribution in [3.63, 3.8) is 0 Å². The Morgan fingerprint density at radius 3 is 2.65 bits per heavy atom. The minimum absolute atomic E-state index is 0.0392. The Balaban J connectivity index is 2.44. The number of nitrogens with one attached hydrogen (secondary N) is 1. The lowest BCUT2D eigenvalue weighted by atomic mass is 10.1. The maximum Gasteiger partial charge on any atom is 0.249 e. The van der Waals surface area contributed by atoms with Crippen molar-refractivity contribution in [2.75, 3.05) is 6.61 Å². The first kappa shape index (κ1) is 13.6. The van der Waals surface area contributed by atoms with Crippen molar-refractivity contribution in [1.82, 2.24) is 5.32 Å². The third-order valence-electron chi connectivity index (χ3n) is 2.67. The largest absolute Gasteiger partial charge is 0.368 e. The van der Waals surface area contributed by atoms with Gasteiger partial charge < -0.3 is 20.6 Å². The molecule has 0 saturated carbocycles. The van der Waals surface area contributed by atoms with E-state index in [-0.39, 0.29) is 24.5 Å². The van der Waals surface area contributed by atoms with E-state index in [9.17, 15) is 14.4 Å². The van der Waals surface area contributed by atoms with Crippen molar-refractivity contribution in [1.29, 1.82) is 0 Å². The van der Waals surface area contributed by atoms with Crippen LogP contribution in [-0.4, -0.2) is 36.4 Å². The van der Waals surface area contributed by atoms with E-state index in [4.69, 9.17) is 10.5 Å². The minimum Gasteiger partial charge on any atom is -0.368 e. The van der Waals surface area contributed by atoms with Gasteiger partial charge in [-0.3, -0.25) is 9.59 Å². The molecule has 1 rings (SSSR count). The fourth-order valence-corrected chi connectivity index (χ4v) is 1.68. The molecule has 0 aromatic rings. The monoisotopic (exact) mass is 242 g/mol. The average molecular weight is 242 g/mol. The summed E-state index contributed by atoms with van der Waals surface area (Å²) in [5, 5.41) is 2.52. The van der Waals surface area contributed by atoms with Crippen LogP contribution in [0.2, 0.25) is 0 Å². The van der Waals surface area contributed by atoms with Gasteiger partial charge in [0.1, 0.15) is 17.9 Å². The number of primary amides is 1. The molecular weight excluding hydrogens is 224 g/mol. The van der Waals surface area contributed by atoms with E-state index in [2.05, 4.69) is 5.32 Å². The van der Waals surface area contributed by atoms with Crippen molar-refractivity contribution in [3.05, 3.63) is 0 Å². The molecule has 17 heavy (non-hydrogen) atoms. The molecule has 1 aliphatic heterocycles. The lowest BCUT2D eigenvalue weighted by molar-refractivity contribution is -0.134. The second kappa shape index (κ2) is 6.34. The van der Waals surface area contributed by atoms with Crippen LogP contribution in [0.3, 0.4) is 0 Å². The number of carbonyl (C=O) groups is 3. The summed E-state index contributed by atoms with van der Waals surface area (Å²) >= 11 is 0. The maximum absolute atomic E-state index is 11.7. The summed E-state index contributed by atoms with van der Waals surface area (Å²) in [5.41, 5.74) is 5.16. The quantitative estimate of drug-likeness (QED) is 0.656. The zero-order valence-electron chi connectivity index (χ0n) is 9.90. The number of ether oxygens (including phenoxy) is 1. The van der Waals surface area contributed by atoms with Gasteiger partial charge in [-0.1, -0.05) is 0 Å². The number of carbonyl (C=O) groups excluding carboxylic acids is 3. The molecule has 1 heterocycles. The molecule has 6 heteroatoms. The van der Waals surface area contributed by atoms with E-state index in [0.717, 1.165) is 6.42 Å². The molecule has 1 fully saturated rings. The molecule has 3 N–H and O–H groups in total. The van der Waals surface area contributed by atoms with Gasteiger partial charge >= 0.3 is 0 Å². The number of rotatable bonds is 6. The summed E-state index contributed by atoms with van der Waals surface area (Å²) in [7, 11) is 0. The number of hydrogen-bond acceptors (Lipinski definition) is 4. The highest BCUT2D eigenvalue weighted by molar-refractivity contribution is 5.89. The van der Waals surface area contributed by atoms with E-state index in [1.54, 1.807) is 0 Å². The lowest BCUT2D eigenvalue weighted by Crippen LogP contribution is -2.48. The highest BCUT2D eigenvalue weighted by Gasteiger charge is 2.27.